The zero-order chi connectivity index (χ0) is 13.2. The number of anilines is 1. The van der Waals surface area contributed by atoms with Crippen molar-refractivity contribution in [2.75, 3.05) is 5.32 Å². The summed E-state index contributed by atoms with van der Waals surface area (Å²) in [6, 6.07) is 10.5. The Kier molecular flexibility index (Phi) is 3.20. The van der Waals surface area contributed by atoms with Crippen LogP contribution in [0.5, 0.6) is 0 Å². The van der Waals surface area contributed by atoms with Crippen LogP contribution in [0.3, 0.4) is 0 Å². The summed E-state index contributed by atoms with van der Waals surface area (Å²) in [5.74, 6) is -1.57. The fraction of sp³-hybridized carbons (Fsp3) is 0.250. The molecule has 1 aliphatic rings. The van der Waals surface area contributed by atoms with Crippen LogP contribution in [0.25, 0.3) is 0 Å². The molecule has 0 radical (unpaired) electrons. The highest BCUT2D eigenvalue weighted by molar-refractivity contribution is 5.50. The van der Waals surface area contributed by atoms with Crippen molar-refractivity contribution in [3.05, 3.63) is 64.7 Å². The third-order valence-corrected chi connectivity index (χ3v) is 3.61. The first-order chi connectivity index (χ1) is 9.24. The second-order valence-electron chi connectivity index (χ2n) is 4.90. The summed E-state index contributed by atoms with van der Waals surface area (Å²) < 4.78 is 26.6. The molecule has 2 aromatic rings. The lowest BCUT2D eigenvalue weighted by Gasteiger charge is -2.09. The predicted octanol–water partition coefficient (Wildman–Crippen LogP) is 4.07. The SMILES string of the molecule is Fc1cccc(CNc2ccc3c(c2)CCC3)c1F. The molecule has 3 heteroatoms. The van der Waals surface area contributed by atoms with E-state index in [1.807, 2.05) is 6.07 Å². The van der Waals surface area contributed by atoms with E-state index in [9.17, 15) is 8.78 Å². The first kappa shape index (κ1) is 12.2. The maximum Gasteiger partial charge on any atom is 0.163 e. The van der Waals surface area contributed by atoms with Crippen molar-refractivity contribution >= 4 is 5.69 Å². The molecule has 0 unspecified atom stereocenters. The van der Waals surface area contributed by atoms with Crippen molar-refractivity contribution in [1.82, 2.24) is 0 Å². The average Bonchev–Trinajstić information content (AvgIpc) is 2.88. The number of hydrogen-bond acceptors (Lipinski definition) is 1. The lowest BCUT2D eigenvalue weighted by molar-refractivity contribution is 0.500. The average molecular weight is 259 g/mol. The molecule has 19 heavy (non-hydrogen) atoms. The minimum atomic E-state index is -0.798. The Morgan fingerprint density at radius 1 is 1.00 bits per heavy atom. The molecule has 0 fully saturated rings. The summed E-state index contributed by atoms with van der Waals surface area (Å²) in [7, 11) is 0. The largest absolute Gasteiger partial charge is 0.381 e. The standard InChI is InChI=1S/C16H15F2N/c17-15-6-2-5-13(16(15)18)10-19-14-8-7-11-3-1-4-12(11)9-14/h2,5-9,19H,1,3-4,10H2. The maximum absolute atomic E-state index is 13.5. The van der Waals surface area contributed by atoms with Gasteiger partial charge in [0.2, 0.25) is 0 Å². The van der Waals surface area contributed by atoms with Crippen LogP contribution < -0.4 is 5.32 Å². The summed E-state index contributed by atoms with van der Waals surface area (Å²) in [6.07, 6.45) is 3.46. The van der Waals surface area contributed by atoms with E-state index in [1.165, 1.54) is 23.6 Å². The zero-order valence-electron chi connectivity index (χ0n) is 10.5. The van der Waals surface area contributed by atoms with Crippen LogP contribution in [0.4, 0.5) is 14.5 Å². The first-order valence-corrected chi connectivity index (χ1v) is 6.52. The molecule has 1 N–H and O–H groups in total. The van der Waals surface area contributed by atoms with Crippen LogP contribution in [-0.2, 0) is 19.4 Å². The fourth-order valence-corrected chi connectivity index (χ4v) is 2.56. The van der Waals surface area contributed by atoms with Crippen molar-refractivity contribution < 1.29 is 8.78 Å². The van der Waals surface area contributed by atoms with Gasteiger partial charge in [-0.3, -0.25) is 0 Å². The minimum absolute atomic E-state index is 0.294. The summed E-state index contributed by atoms with van der Waals surface area (Å²) in [6.45, 7) is 0.294. The monoisotopic (exact) mass is 259 g/mol. The molecule has 0 amide bonds. The molecule has 0 aromatic heterocycles. The Balaban J connectivity index is 1.74. The molecule has 1 aliphatic carbocycles. The van der Waals surface area contributed by atoms with E-state index < -0.39 is 11.6 Å². The molecule has 0 bridgehead atoms. The summed E-state index contributed by atoms with van der Waals surface area (Å²) >= 11 is 0. The summed E-state index contributed by atoms with van der Waals surface area (Å²) in [5, 5.41) is 3.15. The number of benzene rings is 2. The molecule has 0 saturated heterocycles. The van der Waals surface area contributed by atoms with Crippen LogP contribution >= 0.6 is 0 Å². The second kappa shape index (κ2) is 5.00. The van der Waals surface area contributed by atoms with Gasteiger partial charge >= 0.3 is 0 Å². The molecule has 0 atom stereocenters. The smallest absolute Gasteiger partial charge is 0.163 e. The third kappa shape index (κ3) is 2.46. The van der Waals surface area contributed by atoms with Gasteiger partial charge in [-0.05, 0) is 48.6 Å². The van der Waals surface area contributed by atoms with Gasteiger partial charge in [0.1, 0.15) is 0 Å². The van der Waals surface area contributed by atoms with Gasteiger partial charge in [0, 0.05) is 17.8 Å². The summed E-state index contributed by atoms with van der Waals surface area (Å²) in [5.41, 5.74) is 4.08. The van der Waals surface area contributed by atoms with Crippen molar-refractivity contribution in [2.24, 2.45) is 0 Å². The van der Waals surface area contributed by atoms with E-state index >= 15 is 0 Å². The molecule has 0 saturated carbocycles. The number of rotatable bonds is 3. The molecule has 1 nitrogen and oxygen atoms in total. The van der Waals surface area contributed by atoms with E-state index in [-0.39, 0.29) is 0 Å². The van der Waals surface area contributed by atoms with E-state index in [0.717, 1.165) is 24.6 Å². The van der Waals surface area contributed by atoms with Crippen molar-refractivity contribution in [3.8, 4) is 0 Å². The molecule has 0 heterocycles. The van der Waals surface area contributed by atoms with Crippen molar-refractivity contribution in [3.63, 3.8) is 0 Å². The van der Waals surface area contributed by atoms with Crippen molar-refractivity contribution in [2.45, 2.75) is 25.8 Å². The van der Waals surface area contributed by atoms with Gasteiger partial charge in [0.05, 0.1) is 0 Å². The van der Waals surface area contributed by atoms with E-state index in [4.69, 9.17) is 0 Å². The number of nitrogens with one attached hydrogen (secondary N) is 1. The Morgan fingerprint density at radius 3 is 2.74 bits per heavy atom. The molecule has 2 aromatic carbocycles. The molecule has 98 valence electrons. The maximum atomic E-state index is 13.5. The summed E-state index contributed by atoms with van der Waals surface area (Å²) in [4.78, 5) is 0. The van der Waals surface area contributed by atoms with Gasteiger partial charge < -0.3 is 5.32 Å². The van der Waals surface area contributed by atoms with Gasteiger partial charge in [0.15, 0.2) is 11.6 Å². The highest BCUT2D eigenvalue weighted by Crippen LogP contribution is 2.25. The van der Waals surface area contributed by atoms with Gasteiger partial charge in [-0.1, -0.05) is 18.2 Å². The molecule has 3 rings (SSSR count). The number of aryl methyl sites for hydroxylation is 2. The second-order valence-corrected chi connectivity index (χ2v) is 4.90. The zero-order valence-corrected chi connectivity index (χ0v) is 10.5. The Bertz CT molecular complexity index is 608. The van der Waals surface area contributed by atoms with E-state index in [0.29, 0.717) is 12.1 Å². The minimum Gasteiger partial charge on any atom is -0.381 e. The van der Waals surface area contributed by atoms with Gasteiger partial charge in [-0.2, -0.15) is 0 Å². The highest BCUT2D eigenvalue weighted by Gasteiger charge is 2.11. The Hall–Kier alpha value is -1.90. The Labute approximate surface area is 111 Å². The number of hydrogen-bond donors (Lipinski definition) is 1. The van der Waals surface area contributed by atoms with Gasteiger partial charge in [0.25, 0.3) is 0 Å². The highest BCUT2D eigenvalue weighted by atomic mass is 19.2. The lowest BCUT2D eigenvalue weighted by atomic mass is 10.1. The van der Waals surface area contributed by atoms with E-state index in [1.54, 1.807) is 6.07 Å². The normalized spacial score (nSPS) is 13.4. The van der Waals surface area contributed by atoms with Crippen LogP contribution in [0.2, 0.25) is 0 Å². The van der Waals surface area contributed by atoms with Gasteiger partial charge in [-0.25, -0.2) is 8.78 Å². The molecular formula is C16H15F2N. The van der Waals surface area contributed by atoms with Crippen molar-refractivity contribution in [1.29, 1.82) is 0 Å². The number of fused-ring (bicyclic) bond motifs is 1. The van der Waals surface area contributed by atoms with Crippen LogP contribution in [0.15, 0.2) is 36.4 Å². The lowest BCUT2D eigenvalue weighted by Crippen LogP contribution is -2.03. The molecular weight excluding hydrogens is 244 g/mol. The fourth-order valence-electron chi connectivity index (χ4n) is 2.56. The molecule has 0 aliphatic heterocycles. The van der Waals surface area contributed by atoms with Crippen LogP contribution in [-0.4, -0.2) is 0 Å². The third-order valence-electron chi connectivity index (χ3n) is 3.61. The van der Waals surface area contributed by atoms with E-state index in [2.05, 4.69) is 17.4 Å². The predicted molar refractivity (Wildman–Crippen MR) is 72.2 cm³/mol. The number of halogens is 2. The van der Waals surface area contributed by atoms with Gasteiger partial charge in [-0.15, -0.1) is 0 Å². The topological polar surface area (TPSA) is 12.0 Å². The molecule has 0 spiro atoms. The van der Waals surface area contributed by atoms with Crippen LogP contribution in [0.1, 0.15) is 23.1 Å². The van der Waals surface area contributed by atoms with Crippen LogP contribution in [0, 0.1) is 11.6 Å². The Morgan fingerprint density at radius 2 is 1.84 bits per heavy atom. The quantitative estimate of drug-likeness (QED) is 0.876. The first-order valence-electron chi connectivity index (χ1n) is 6.52.